The van der Waals surface area contributed by atoms with Gasteiger partial charge >= 0.3 is 0 Å². The summed E-state index contributed by atoms with van der Waals surface area (Å²) >= 11 is 0. The van der Waals surface area contributed by atoms with Gasteiger partial charge in [0.05, 0.1) is 0 Å². The molecule has 7 nitrogen and oxygen atoms in total. The number of primary amides is 1. The van der Waals surface area contributed by atoms with Crippen LogP contribution in [0.1, 0.15) is 38.2 Å². The van der Waals surface area contributed by atoms with Gasteiger partial charge in [0.25, 0.3) is 0 Å². The van der Waals surface area contributed by atoms with Crippen molar-refractivity contribution in [3.63, 3.8) is 0 Å². The largest absolute Gasteiger partial charge is 0.368 e. The maximum Gasteiger partial charge on any atom is 0.243 e. The van der Waals surface area contributed by atoms with E-state index in [1.165, 1.54) is 31.2 Å². The molecule has 4 N–H and O–H groups in total. The van der Waals surface area contributed by atoms with Crippen LogP contribution in [0, 0.1) is 11.7 Å². The Labute approximate surface area is 156 Å². The number of nitrogens with two attached hydrogens (primary N) is 1. The van der Waals surface area contributed by atoms with Gasteiger partial charge in [-0.3, -0.25) is 19.2 Å². The van der Waals surface area contributed by atoms with E-state index in [4.69, 9.17) is 5.73 Å². The Balaban J connectivity index is 2.12. The number of benzene rings is 1. The van der Waals surface area contributed by atoms with Gasteiger partial charge in [0.1, 0.15) is 23.7 Å². The Morgan fingerprint density at radius 1 is 1.22 bits per heavy atom. The van der Waals surface area contributed by atoms with E-state index in [1.807, 2.05) is 0 Å². The molecule has 1 aliphatic carbocycles. The molecule has 1 aromatic carbocycles. The number of carbonyl (C=O) groups excluding carboxylic acids is 4. The van der Waals surface area contributed by atoms with Crippen LogP contribution in [0.3, 0.4) is 0 Å². The van der Waals surface area contributed by atoms with E-state index >= 15 is 0 Å². The smallest absolute Gasteiger partial charge is 0.243 e. The molecule has 0 spiro atoms. The van der Waals surface area contributed by atoms with E-state index < -0.39 is 35.6 Å². The fraction of sp³-hybridized carbons (Fsp3) is 0.474. The number of carbonyl (C=O) groups is 4. The van der Waals surface area contributed by atoms with Crippen LogP contribution in [-0.2, 0) is 25.6 Å². The zero-order valence-electron chi connectivity index (χ0n) is 15.2. The van der Waals surface area contributed by atoms with Crippen LogP contribution in [0.4, 0.5) is 4.39 Å². The highest BCUT2D eigenvalue weighted by Crippen LogP contribution is 2.24. The SMILES string of the molecule is CC(=O)N[C@@H](Cc1ccc(F)cc1)C(=O)N[C@@H](C(N)=O)[C@H]1CCCC(=O)C1. The first-order chi connectivity index (χ1) is 12.8. The second-order valence-electron chi connectivity index (χ2n) is 6.87. The Morgan fingerprint density at radius 2 is 1.89 bits per heavy atom. The summed E-state index contributed by atoms with van der Waals surface area (Å²) in [6.45, 7) is 1.27. The molecule has 3 atom stereocenters. The molecule has 0 aliphatic heterocycles. The van der Waals surface area contributed by atoms with E-state index in [0.29, 0.717) is 24.8 Å². The third-order valence-electron chi connectivity index (χ3n) is 4.64. The van der Waals surface area contributed by atoms with Crippen LogP contribution < -0.4 is 16.4 Å². The first-order valence-electron chi connectivity index (χ1n) is 8.89. The van der Waals surface area contributed by atoms with E-state index in [-0.39, 0.29) is 24.5 Å². The lowest BCUT2D eigenvalue weighted by atomic mass is 9.82. The molecular formula is C19H24FN3O4. The number of nitrogens with one attached hydrogen (secondary N) is 2. The molecule has 0 heterocycles. The Kier molecular flexibility index (Phi) is 7.04. The van der Waals surface area contributed by atoms with Crippen molar-refractivity contribution in [3.05, 3.63) is 35.6 Å². The Hall–Kier alpha value is -2.77. The summed E-state index contributed by atoms with van der Waals surface area (Å²) in [4.78, 5) is 47.7. The standard InChI is InChI=1S/C19H24FN3O4/c1-11(24)22-16(9-12-5-7-14(20)8-6-12)19(27)23-17(18(21)26)13-3-2-4-15(25)10-13/h5-8,13,16-17H,2-4,9-10H2,1H3,(H2,21,26)(H,22,24)(H,23,27)/t13-,16-,17+/m0/s1. The molecule has 2 rings (SSSR count). The molecule has 0 bridgehead atoms. The lowest BCUT2D eigenvalue weighted by Gasteiger charge is -2.29. The van der Waals surface area contributed by atoms with Crippen molar-refractivity contribution in [2.24, 2.45) is 11.7 Å². The van der Waals surface area contributed by atoms with Crippen LogP contribution in [0.25, 0.3) is 0 Å². The summed E-state index contributed by atoms with van der Waals surface area (Å²) in [5.74, 6) is -2.42. The number of hydrogen-bond acceptors (Lipinski definition) is 4. The van der Waals surface area contributed by atoms with E-state index in [2.05, 4.69) is 10.6 Å². The molecule has 1 fully saturated rings. The van der Waals surface area contributed by atoms with Gasteiger partial charge in [0.15, 0.2) is 0 Å². The van der Waals surface area contributed by atoms with Gasteiger partial charge < -0.3 is 16.4 Å². The number of amides is 3. The van der Waals surface area contributed by atoms with Crippen molar-refractivity contribution in [1.82, 2.24) is 10.6 Å². The molecule has 27 heavy (non-hydrogen) atoms. The zero-order valence-corrected chi connectivity index (χ0v) is 15.2. The lowest BCUT2D eigenvalue weighted by Crippen LogP contribution is -2.56. The van der Waals surface area contributed by atoms with Gasteiger partial charge in [-0.2, -0.15) is 0 Å². The molecular weight excluding hydrogens is 353 g/mol. The van der Waals surface area contributed by atoms with Crippen LogP contribution in [0.5, 0.6) is 0 Å². The third kappa shape index (κ3) is 6.16. The average molecular weight is 377 g/mol. The minimum absolute atomic E-state index is 0.0384. The maximum atomic E-state index is 13.1. The summed E-state index contributed by atoms with van der Waals surface area (Å²) in [5, 5.41) is 5.12. The normalized spacial score (nSPS) is 19.0. The average Bonchev–Trinajstić information content (AvgIpc) is 2.60. The summed E-state index contributed by atoms with van der Waals surface area (Å²) in [7, 11) is 0. The molecule has 1 aromatic rings. The predicted molar refractivity (Wildman–Crippen MR) is 95.8 cm³/mol. The molecule has 0 aromatic heterocycles. The van der Waals surface area contributed by atoms with Gasteiger partial charge in [-0.15, -0.1) is 0 Å². The first-order valence-corrected chi connectivity index (χ1v) is 8.89. The summed E-state index contributed by atoms with van der Waals surface area (Å²) < 4.78 is 13.1. The van der Waals surface area contributed by atoms with Crippen molar-refractivity contribution in [2.45, 2.75) is 51.1 Å². The first kappa shape index (κ1) is 20.5. The summed E-state index contributed by atoms with van der Waals surface area (Å²) in [6.07, 6.45) is 2.04. The van der Waals surface area contributed by atoms with Crippen LogP contribution in [0.15, 0.2) is 24.3 Å². The van der Waals surface area contributed by atoms with Crippen LogP contribution >= 0.6 is 0 Å². The summed E-state index contributed by atoms with van der Waals surface area (Å²) in [5.41, 5.74) is 6.08. The summed E-state index contributed by atoms with van der Waals surface area (Å²) in [6, 6.07) is 3.63. The van der Waals surface area contributed by atoms with Crippen molar-refractivity contribution >= 4 is 23.5 Å². The number of Topliss-reactive ketones (excluding diaryl/α,β-unsaturated/α-hetero) is 1. The van der Waals surface area contributed by atoms with E-state index in [0.717, 1.165) is 0 Å². The number of hydrogen-bond donors (Lipinski definition) is 3. The van der Waals surface area contributed by atoms with Crippen LogP contribution in [-0.4, -0.2) is 35.6 Å². The second kappa shape index (κ2) is 9.25. The highest BCUT2D eigenvalue weighted by Gasteiger charge is 2.33. The monoisotopic (exact) mass is 377 g/mol. The molecule has 1 aliphatic rings. The molecule has 0 radical (unpaired) electrons. The van der Waals surface area contributed by atoms with Gasteiger partial charge in [-0.05, 0) is 36.5 Å². The van der Waals surface area contributed by atoms with Gasteiger partial charge in [0.2, 0.25) is 17.7 Å². The van der Waals surface area contributed by atoms with Crippen LogP contribution in [0.2, 0.25) is 0 Å². The quantitative estimate of drug-likeness (QED) is 0.645. The van der Waals surface area contributed by atoms with Gasteiger partial charge in [-0.1, -0.05) is 12.1 Å². The van der Waals surface area contributed by atoms with Gasteiger partial charge in [0, 0.05) is 26.2 Å². The molecule has 146 valence electrons. The minimum atomic E-state index is -0.980. The van der Waals surface area contributed by atoms with E-state index in [1.54, 1.807) is 0 Å². The maximum absolute atomic E-state index is 13.1. The number of rotatable bonds is 7. The zero-order chi connectivity index (χ0) is 20.0. The molecule has 0 saturated heterocycles. The number of halogens is 1. The van der Waals surface area contributed by atoms with Crippen molar-refractivity contribution in [1.29, 1.82) is 0 Å². The van der Waals surface area contributed by atoms with Crippen molar-refractivity contribution in [3.8, 4) is 0 Å². The van der Waals surface area contributed by atoms with Crippen molar-refractivity contribution in [2.75, 3.05) is 0 Å². The molecule has 0 unspecified atom stereocenters. The Bertz CT molecular complexity index is 720. The second-order valence-corrected chi connectivity index (χ2v) is 6.87. The van der Waals surface area contributed by atoms with E-state index in [9.17, 15) is 23.6 Å². The van der Waals surface area contributed by atoms with Gasteiger partial charge in [-0.25, -0.2) is 4.39 Å². The third-order valence-corrected chi connectivity index (χ3v) is 4.64. The Morgan fingerprint density at radius 3 is 2.44 bits per heavy atom. The highest BCUT2D eigenvalue weighted by atomic mass is 19.1. The fourth-order valence-corrected chi connectivity index (χ4v) is 3.33. The molecule has 3 amide bonds. The molecule has 8 heteroatoms. The number of ketones is 1. The van der Waals surface area contributed by atoms with Crippen molar-refractivity contribution < 1.29 is 23.6 Å². The molecule has 1 saturated carbocycles. The lowest BCUT2D eigenvalue weighted by molar-refractivity contribution is -0.132. The minimum Gasteiger partial charge on any atom is -0.368 e. The highest BCUT2D eigenvalue weighted by molar-refractivity contribution is 5.92. The predicted octanol–water partition coefficient (Wildman–Crippen LogP) is 0.602. The fourth-order valence-electron chi connectivity index (χ4n) is 3.33. The topological polar surface area (TPSA) is 118 Å².